The van der Waals surface area contributed by atoms with Crippen molar-refractivity contribution in [3.63, 3.8) is 0 Å². The number of halogens is 4. The largest absolute Gasteiger partial charge is 0.467 e. The molecule has 0 radical (unpaired) electrons. The summed E-state index contributed by atoms with van der Waals surface area (Å²) in [6, 6.07) is 10.5. The summed E-state index contributed by atoms with van der Waals surface area (Å²) in [5.74, 6) is -3.70. The van der Waals surface area contributed by atoms with Gasteiger partial charge in [0.25, 0.3) is 17.7 Å². The minimum absolute atomic E-state index is 0.164. The van der Waals surface area contributed by atoms with Crippen LogP contribution in [0.5, 0.6) is 5.88 Å². The maximum Gasteiger partial charge on any atom is 0.269 e. The quantitative estimate of drug-likeness (QED) is 0.431. The van der Waals surface area contributed by atoms with E-state index in [2.05, 4.69) is 20.6 Å². The second-order valence-corrected chi connectivity index (χ2v) is 8.65. The molecule has 13 heteroatoms. The number of pyridine rings is 1. The summed E-state index contributed by atoms with van der Waals surface area (Å²) in [6.07, 6.45) is -0.710. The Morgan fingerprint density at radius 3 is 2.53 bits per heavy atom. The predicted octanol–water partition coefficient (Wildman–Crippen LogP) is 3.59. The Morgan fingerprint density at radius 2 is 1.83 bits per heavy atom. The summed E-state index contributed by atoms with van der Waals surface area (Å²) < 4.78 is 19.0. The third-order valence-electron chi connectivity index (χ3n) is 4.87. The molecule has 0 bridgehead atoms. The van der Waals surface area contributed by atoms with Gasteiger partial charge in [0, 0.05) is 16.1 Å². The number of nitrogens with zero attached hydrogens (tertiary/aromatic N) is 2. The number of rotatable bonds is 6. The lowest BCUT2D eigenvalue weighted by molar-refractivity contribution is -0.120. The molecule has 1 atom stereocenters. The van der Waals surface area contributed by atoms with Crippen molar-refractivity contribution in [2.75, 3.05) is 11.9 Å². The van der Waals surface area contributed by atoms with E-state index < -0.39 is 36.3 Å². The number of benzene rings is 2. The van der Waals surface area contributed by atoms with E-state index in [1.165, 1.54) is 12.1 Å². The van der Waals surface area contributed by atoms with E-state index in [-0.39, 0.29) is 37.8 Å². The van der Waals surface area contributed by atoms with E-state index >= 15 is 0 Å². The number of anilines is 1. The van der Waals surface area contributed by atoms with E-state index in [1.54, 1.807) is 24.3 Å². The van der Waals surface area contributed by atoms with Gasteiger partial charge in [-0.3, -0.25) is 14.4 Å². The van der Waals surface area contributed by atoms with E-state index in [4.69, 9.17) is 45.3 Å². The highest BCUT2D eigenvalue weighted by molar-refractivity contribution is 6.44. The maximum absolute atomic E-state index is 13.9. The Bertz CT molecular complexity index is 1410. The van der Waals surface area contributed by atoms with Crippen LogP contribution in [0.2, 0.25) is 15.1 Å². The van der Waals surface area contributed by atoms with Gasteiger partial charge in [-0.15, -0.1) is 0 Å². The van der Waals surface area contributed by atoms with E-state index in [9.17, 15) is 18.8 Å². The molecule has 2 heterocycles. The third kappa shape index (κ3) is 5.40. The van der Waals surface area contributed by atoms with Crippen molar-refractivity contribution in [1.29, 1.82) is 0 Å². The highest BCUT2D eigenvalue weighted by Gasteiger charge is 2.30. The van der Waals surface area contributed by atoms with Crippen molar-refractivity contribution < 1.29 is 23.5 Å². The first-order chi connectivity index (χ1) is 17.1. The van der Waals surface area contributed by atoms with Gasteiger partial charge in [0.1, 0.15) is 11.4 Å². The van der Waals surface area contributed by atoms with Gasteiger partial charge in [0.15, 0.2) is 6.61 Å². The fourth-order valence-electron chi connectivity index (χ4n) is 3.37. The van der Waals surface area contributed by atoms with Gasteiger partial charge in [-0.05, 0) is 24.3 Å². The van der Waals surface area contributed by atoms with Crippen LogP contribution in [0.15, 0.2) is 53.7 Å². The smallest absolute Gasteiger partial charge is 0.269 e. The predicted molar refractivity (Wildman–Crippen MR) is 132 cm³/mol. The summed E-state index contributed by atoms with van der Waals surface area (Å²) >= 11 is 18.9. The van der Waals surface area contributed by atoms with Crippen molar-refractivity contribution in [3.05, 3.63) is 86.2 Å². The van der Waals surface area contributed by atoms with Crippen LogP contribution >= 0.6 is 34.8 Å². The second kappa shape index (κ2) is 10.5. The Labute approximate surface area is 218 Å². The number of hydrogen-bond acceptors (Lipinski definition) is 6. The van der Waals surface area contributed by atoms with Crippen molar-refractivity contribution in [2.24, 2.45) is 10.7 Å². The minimum Gasteiger partial charge on any atom is -0.467 e. The molecule has 0 unspecified atom stereocenters. The van der Waals surface area contributed by atoms with Crippen LogP contribution < -0.4 is 21.1 Å². The Hall–Kier alpha value is -3.73. The van der Waals surface area contributed by atoms with Gasteiger partial charge < -0.3 is 21.1 Å². The number of ether oxygens (including phenoxy) is 1. The standard InChI is InChI=1S/C23H15Cl3FN5O4/c24-10-5-14(25)18(15(26)6-10)19-12-3-1-2-4-16(12)30-22(35)20(31-19)32-21(34)13-7-11(27)8-29-23(13)36-9-17(28)33/h1-8,20H,9H2,(H2,28,33)(H,30,35)(H,32,34)/t20-/m0/s1. The van der Waals surface area contributed by atoms with E-state index in [1.807, 2.05) is 0 Å². The van der Waals surface area contributed by atoms with Crippen LogP contribution in [0.3, 0.4) is 0 Å². The van der Waals surface area contributed by atoms with Gasteiger partial charge >= 0.3 is 0 Å². The van der Waals surface area contributed by atoms with Crippen LogP contribution in [0.4, 0.5) is 10.1 Å². The van der Waals surface area contributed by atoms with Gasteiger partial charge in [-0.1, -0.05) is 53.0 Å². The van der Waals surface area contributed by atoms with Crippen LogP contribution in [0.1, 0.15) is 21.5 Å². The lowest BCUT2D eigenvalue weighted by atomic mass is 10.0. The van der Waals surface area contributed by atoms with Gasteiger partial charge in [-0.2, -0.15) is 0 Å². The fourth-order valence-corrected chi connectivity index (χ4v) is 4.36. The molecule has 0 saturated heterocycles. The molecule has 1 aromatic heterocycles. The fraction of sp³-hybridized carbons (Fsp3) is 0.0870. The average molecular weight is 551 g/mol. The Kier molecular flexibility index (Phi) is 7.39. The molecular formula is C23H15Cl3FN5O4. The molecule has 1 aliphatic rings. The number of hydrogen-bond donors (Lipinski definition) is 3. The number of fused-ring (bicyclic) bond motifs is 1. The summed E-state index contributed by atoms with van der Waals surface area (Å²) in [5, 5.41) is 5.71. The molecule has 0 aliphatic carbocycles. The summed E-state index contributed by atoms with van der Waals surface area (Å²) in [7, 11) is 0. The second-order valence-electron chi connectivity index (χ2n) is 7.39. The number of amides is 3. The zero-order chi connectivity index (χ0) is 26.0. The molecule has 0 saturated carbocycles. The van der Waals surface area contributed by atoms with Crippen LogP contribution in [-0.4, -0.2) is 41.2 Å². The van der Waals surface area contributed by atoms with Crippen molar-refractivity contribution in [2.45, 2.75) is 6.17 Å². The number of aromatic nitrogens is 1. The summed E-state index contributed by atoms with van der Waals surface area (Å²) in [6.45, 7) is -0.603. The first-order valence-corrected chi connectivity index (χ1v) is 11.3. The molecular weight excluding hydrogens is 536 g/mol. The average Bonchev–Trinajstić information content (AvgIpc) is 2.94. The SMILES string of the molecule is NC(=O)COc1ncc(F)cc1C(=O)N[C@@H]1N=C(c2c(Cl)cc(Cl)cc2Cl)c2ccccc2NC1=O. The van der Waals surface area contributed by atoms with Crippen LogP contribution in [-0.2, 0) is 9.59 Å². The molecule has 36 heavy (non-hydrogen) atoms. The third-order valence-corrected chi connectivity index (χ3v) is 5.69. The van der Waals surface area contributed by atoms with E-state index in [0.29, 0.717) is 11.3 Å². The monoisotopic (exact) mass is 549 g/mol. The van der Waals surface area contributed by atoms with Crippen LogP contribution in [0, 0.1) is 5.82 Å². The Balaban J connectivity index is 1.77. The highest BCUT2D eigenvalue weighted by Crippen LogP contribution is 2.34. The number of nitrogens with one attached hydrogen (secondary N) is 2. The number of carbonyl (C=O) groups excluding carboxylic acids is 3. The molecule has 3 amide bonds. The zero-order valence-corrected chi connectivity index (χ0v) is 20.3. The topological polar surface area (TPSA) is 136 Å². The van der Waals surface area contributed by atoms with Crippen molar-refractivity contribution in [1.82, 2.24) is 10.3 Å². The molecule has 0 fully saturated rings. The number of primary amides is 1. The molecule has 4 rings (SSSR count). The van der Waals surface area contributed by atoms with Gasteiger partial charge in [0.2, 0.25) is 12.0 Å². The summed E-state index contributed by atoms with van der Waals surface area (Å²) in [5.41, 5.74) is 6.02. The van der Waals surface area contributed by atoms with Gasteiger partial charge in [-0.25, -0.2) is 14.4 Å². The van der Waals surface area contributed by atoms with Crippen molar-refractivity contribution >= 4 is 63.9 Å². The molecule has 184 valence electrons. The number of aliphatic imine (C=N–C) groups is 1. The zero-order valence-electron chi connectivity index (χ0n) is 18.0. The van der Waals surface area contributed by atoms with E-state index in [0.717, 1.165) is 12.3 Å². The molecule has 1 aliphatic heterocycles. The van der Waals surface area contributed by atoms with Crippen molar-refractivity contribution in [3.8, 4) is 5.88 Å². The number of benzodiazepines with no additional fused rings is 1. The molecule has 9 nitrogen and oxygen atoms in total. The normalized spacial score (nSPS) is 14.7. The lowest BCUT2D eigenvalue weighted by Gasteiger charge is -2.15. The lowest BCUT2D eigenvalue weighted by Crippen LogP contribution is -2.42. The number of nitrogens with two attached hydrogens (primary N) is 1. The molecule has 2 aromatic carbocycles. The summed E-state index contributed by atoms with van der Waals surface area (Å²) in [4.78, 5) is 45.2. The number of para-hydroxylation sites is 1. The first-order valence-electron chi connectivity index (χ1n) is 10.1. The molecule has 0 spiro atoms. The first kappa shape index (κ1) is 25.4. The molecule has 3 aromatic rings. The maximum atomic E-state index is 13.9. The number of carbonyl (C=O) groups is 3. The molecule has 4 N–H and O–H groups in total. The Morgan fingerprint density at radius 1 is 1.14 bits per heavy atom. The minimum atomic E-state index is -1.50. The van der Waals surface area contributed by atoms with Crippen LogP contribution in [0.25, 0.3) is 0 Å². The highest BCUT2D eigenvalue weighted by atomic mass is 35.5. The van der Waals surface area contributed by atoms with Gasteiger partial charge in [0.05, 0.1) is 27.6 Å².